The number of rotatable bonds is 6. The minimum Gasteiger partial charge on any atom is -0.496 e. The zero-order chi connectivity index (χ0) is 24.4. The monoisotopic (exact) mass is 468 g/mol. The van der Waals surface area contributed by atoms with Crippen molar-refractivity contribution in [1.82, 2.24) is 4.57 Å². The maximum absolute atomic E-state index is 11.7. The molecule has 6 nitrogen and oxygen atoms in total. The summed E-state index contributed by atoms with van der Waals surface area (Å²) in [6.07, 6.45) is 5.73. The highest BCUT2D eigenvalue weighted by Gasteiger charge is 2.32. The molecule has 1 aromatic heterocycles. The second-order valence-corrected chi connectivity index (χ2v) is 8.75. The number of benzene rings is 3. The van der Waals surface area contributed by atoms with Crippen LogP contribution in [0.15, 0.2) is 78.9 Å². The summed E-state index contributed by atoms with van der Waals surface area (Å²) in [6, 6.07) is 22.5. The average molecular weight is 469 g/mol. The third kappa shape index (κ3) is 4.05. The normalized spacial score (nSPS) is 16.2. The Morgan fingerprint density at radius 3 is 2.23 bits per heavy atom. The second kappa shape index (κ2) is 9.66. The van der Waals surface area contributed by atoms with E-state index in [2.05, 4.69) is 41.0 Å². The van der Waals surface area contributed by atoms with Crippen molar-refractivity contribution in [1.29, 1.82) is 0 Å². The van der Waals surface area contributed by atoms with E-state index in [1.54, 1.807) is 14.2 Å². The molecule has 4 aromatic rings. The van der Waals surface area contributed by atoms with Gasteiger partial charge in [0.2, 0.25) is 6.54 Å². The molecule has 2 heterocycles. The summed E-state index contributed by atoms with van der Waals surface area (Å²) in [4.78, 5) is 11.5. The van der Waals surface area contributed by atoms with E-state index in [9.17, 15) is 10.1 Å². The number of allylic oxidation sites excluding steroid dienone is 2. The third-order valence-corrected chi connectivity index (χ3v) is 6.76. The van der Waals surface area contributed by atoms with Crippen LogP contribution < -0.4 is 9.47 Å². The topological polar surface area (TPSA) is 66.5 Å². The summed E-state index contributed by atoms with van der Waals surface area (Å²) < 4.78 is 14.1. The fourth-order valence-electron chi connectivity index (χ4n) is 5.32. The molecule has 0 radical (unpaired) electrons. The van der Waals surface area contributed by atoms with E-state index in [1.807, 2.05) is 42.5 Å². The van der Waals surface area contributed by atoms with E-state index >= 15 is 0 Å². The van der Waals surface area contributed by atoms with Gasteiger partial charge in [-0.2, -0.15) is 0 Å². The predicted molar refractivity (Wildman–Crippen MR) is 139 cm³/mol. The molecule has 5 rings (SSSR count). The molecular weight excluding hydrogens is 440 g/mol. The van der Waals surface area contributed by atoms with E-state index in [0.29, 0.717) is 24.5 Å². The average Bonchev–Trinajstić information content (AvgIpc) is 3.25. The van der Waals surface area contributed by atoms with Crippen molar-refractivity contribution in [2.24, 2.45) is 0 Å². The number of methoxy groups -OCH3 is 2. The Labute approximate surface area is 204 Å². The molecular formula is C29H28N2O4. The molecule has 0 saturated carbocycles. The second-order valence-electron chi connectivity index (χ2n) is 8.75. The van der Waals surface area contributed by atoms with Crippen molar-refractivity contribution in [3.63, 3.8) is 0 Å². The highest BCUT2D eigenvalue weighted by Crippen LogP contribution is 2.50. The van der Waals surface area contributed by atoms with Crippen LogP contribution >= 0.6 is 0 Å². The fraction of sp³-hybridized carbons (Fsp3) is 0.241. The van der Waals surface area contributed by atoms with Crippen LogP contribution in [0.1, 0.15) is 24.3 Å². The van der Waals surface area contributed by atoms with E-state index < -0.39 is 0 Å². The third-order valence-electron chi connectivity index (χ3n) is 6.76. The van der Waals surface area contributed by atoms with Crippen LogP contribution in [0.5, 0.6) is 11.5 Å². The molecule has 1 aliphatic heterocycles. The molecule has 0 bridgehead atoms. The number of hydrogen-bond donors (Lipinski definition) is 0. The fourth-order valence-corrected chi connectivity index (χ4v) is 5.32. The van der Waals surface area contributed by atoms with Gasteiger partial charge in [-0.05, 0) is 24.0 Å². The molecule has 1 unspecified atom stereocenters. The Bertz CT molecular complexity index is 1390. The standard InChI is InChI=1S/C29H28N2O4/c1-34-23-18-24(35-2)27-26(20-12-6-3-7-13-20)28(21-14-8-4-9-15-21)30-17-11-5-10-16-22(19-31(32)33)25(23)29(27)30/h3-9,11-15,18,22H,10,16-17,19H2,1-2H3/b11-5-. The van der Waals surface area contributed by atoms with Crippen LogP contribution in [0.2, 0.25) is 0 Å². The lowest BCUT2D eigenvalue weighted by Crippen LogP contribution is -2.15. The Morgan fingerprint density at radius 2 is 1.60 bits per heavy atom. The summed E-state index contributed by atoms with van der Waals surface area (Å²) >= 11 is 0. The molecule has 1 aliphatic rings. The Morgan fingerprint density at radius 1 is 0.943 bits per heavy atom. The maximum Gasteiger partial charge on any atom is 0.210 e. The van der Waals surface area contributed by atoms with Crippen molar-refractivity contribution in [2.75, 3.05) is 20.8 Å². The Balaban J connectivity index is 2.01. The van der Waals surface area contributed by atoms with Gasteiger partial charge in [-0.3, -0.25) is 10.1 Å². The van der Waals surface area contributed by atoms with Crippen molar-refractivity contribution in [3.8, 4) is 33.9 Å². The molecule has 0 fully saturated rings. The molecule has 0 amide bonds. The molecule has 178 valence electrons. The molecule has 3 aromatic carbocycles. The van der Waals surface area contributed by atoms with Gasteiger partial charge in [0.15, 0.2) is 0 Å². The van der Waals surface area contributed by atoms with Gasteiger partial charge >= 0.3 is 0 Å². The van der Waals surface area contributed by atoms with Crippen molar-refractivity contribution in [2.45, 2.75) is 25.3 Å². The van der Waals surface area contributed by atoms with Gasteiger partial charge in [-0.25, -0.2) is 0 Å². The lowest BCUT2D eigenvalue weighted by atomic mass is 9.89. The first kappa shape index (κ1) is 22.7. The molecule has 0 aliphatic carbocycles. The van der Waals surface area contributed by atoms with Crippen molar-refractivity contribution < 1.29 is 14.4 Å². The number of aromatic nitrogens is 1. The van der Waals surface area contributed by atoms with Crippen molar-refractivity contribution >= 4 is 10.9 Å². The quantitative estimate of drug-likeness (QED) is 0.179. The van der Waals surface area contributed by atoms with Gasteiger partial charge in [-0.15, -0.1) is 0 Å². The maximum atomic E-state index is 11.7. The first-order valence-corrected chi connectivity index (χ1v) is 11.8. The van der Waals surface area contributed by atoms with Gasteiger partial charge < -0.3 is 14.0 Å². The van der Waals surface area contributed by atoms with Crippen LogP contribution in [0.4, 0.5) is 0 Å². The minimum atomic E-state index is -0.294. The zero-order valence-corrected chi connectivity index (χ0v) is 19.9. The predicted octanol–water partition coefficient (Wildman–Crippen LogP) is 6.70. The number of nitrogens with zero attached hydrogens (tertiary/aromatic N) is 2. The van der Waals surface area contributed by atoms with E-state index in [0.717, 1.165) is 45.3 Å². The SMILES string of the molecule is COc1cc(OC)c2c(-c3ccccc3)c(-c3ccccc3)n3c2c1C(C[N+](=O)[O-])CC/C=C\C3. The van der Waals surface area contributed by atoms with Gasteiger partial charge in [-0.1, -0.05) is 72.8 Å². The molecule has 6 heteroatoms. The van der Waals surface area contributed by atoms with Crippen LogP contribution in [-0.2, 0) is 6.54 Å². The molecule has 35 heavy (non-hydrogen) atoms. The van der Waals surface area contributed by atoms with Crippen molar-refractivity contribution in [3.05, 3.63) is 94.6 Å². The van der Waals surface area contributed by atoms with Crippen LogP contribution in [0, 0.1) is 10.1 Å². The number of hydrogen-bond acceptors (Lipinski definition) is 4. The molecule has 1 atom stereocenters. The van der Waals surface area contributed by atoms with Gasteiger partial charge in [0.25, 0.3) is 0 Å². The minimum absolute atomic E-state index is 0.155. The highest BCUT2D eigenvalue weighted by molar-refractivity contribution is 6.09. The first-order chi connectivity index (χ1) is 17.1. The lowest BCUT2D eigenvalue weighted by molar-refractivity contribution is -0.483. The van der Waals surface area contributed by atoms with Gasteiger partial charge in [0, 0.05) is 28.7 Å². The smallest absolute Gasteiger partial charge is 0.210 e. The summed E-state index contributed by atoms with van der Waals surface area (Å²) in [5.41, 5.74) is 6.08. The summed E-state index contributed by atoms with van der Waals surface area (Å²) in [5.74, 6) is 1.02. The van der Waals surface area contributed by atoms with E-state index in [1.165, 1.54) is 0 Å². The zero-order valence-electron chi connectivity index (χ0n) is 19.9. The Hall–Kier alpha value is -4.06. The Kier molecular flexibility index (Phi) is 6.27. The largest absolute Gasteiger partial charge is 0.496 e. The van der Waals surface area contributed by atoms with Gasteiger partial charge in [0.1, 0.15) is 11.5 Å². The summed E-state index contributed by atoms with van der Waals surface area (Å²) in [6.45, 7) is 0.486. The molecule has 0 N–H and O–H groups in total. The van der Waals surface area contributed by atoms with Crippen LogP contribution in [-0.4, -0.2) is 30.3 Å². The first-order valence-electron chi connectivity index (χ1n) is 11.8. The van der Waals surface area contributed by atoms with E-state index in [-0.39, 0.29) is 17.4 Å². The summed E-state index contributed by atoms with van der Waals surface area (Å²) in [7, 11) is 3.28. The van der Waals surface area contributed by atoms with Crippen LogP contribution in [0.25, 0.3) is 33.3 Å². The molecule has 0 saturated heterocycles. The highest BCUT2D eigenvalue weighted by atomic mass is 16.6. The number of nitro groups is 1. The lowest BCUT2D eigenvalue weighted by Gasteiger charge is -2.20. The number of ether oxygens (including phenoxy) is 2. The molecule has 0 spiro atoms. The van der Waals surface area contributed by atoms with Crippen LogP contribution in [0.3, 0.4) is 0 Å². The van der Waals surface area contributed by atoms with Gasteiger partial charge in [0.05, 0.1) is 36.7 Å². The summed E-state index contributed by atoms with van der Waals surface area (Å²) in [5, 5.41) is 12.7. The van der Waals surface area contributed by atoms with E-state index in [4.69, 9.17) is 9.47 Å².